The summed E-state index contributed by atoms with van der Waals surface area (Å²) < 4.78 is 10.4. The van der Waals surface area contributed by atoms with Crippen LogP contribution in [-0.2, 0) is 16.1 Å². The summed E-state index contributed by atoms with van der Waals surface area (Å²) in [5, 5.41) is 17.4. The smallest absolute Gasteiger partial charge is 0.321 e. The molecule has 0 saturated carbocycles. The highest BCUT2D eigenvalue weighted by molar-refractivity contribution is 5.89. The molecule has 0 aliphatic carbocycles. The molecule has 0 bridgehead atoms. The second-order valence-electron chi connectivity index (χ2n) is 7.50. The van der Waals surface area contributed by atoms with Crippen LogP contribution in [0.5, 0.6) is 0 Å². The van der Waals surface area contributed by atoms with Crippen molar-refractivity contribution in [3.8, 4) is 11.4 Å². The number of likely N-dealkylation sites (tertiary alicyclic amines) is 1. The molecular formula is C22H21N5O6. The van der Waals surface area contributed by atoms with Crippen molar-refractivity contribution in [1.82, 2.24) is 15.0 Å². The first kappa shape index (κ1) is 21.9. The summed E-state index contributed by atoms with van der Waals surface area (Å²) in [6, 6.07) is 14.6. The average Bonchev–Trinajstić information content (AvgIpc) is 3.32. The van der Waals surface area contributed by atoms with E-state index in [1.54, 1.807) is 17.0 Å². The van der Waals surface area contributed by atoms with Gasteiger partial charge in [-0.25, -0.2) is 4.79 Å². The summed E-state index contributed by atoms with van der Waals surface area (Å²) in [5.41, 5.74) is 1.18. The van der Waals surface area contributed by atoms with Crippen LogP contribution >= 0.6 is 0 Å². The van der Waals surface area contributed by atoms with Gasteiger partial charge in [-0.3, -0.25) is 14.9 Å². The van der Waals surface area contributed by atoms with Crippen LogP contribution in [0.25, 0.3) is 11.4 Å². The third-order valence-electron chi connectivity index (χ3n) is 5.21. The molecule has 1 unspecified atom stereocenters. The minimum Gasteiger partial charge on any atom is -0.455 e. The molecule has 170 valence electrons. The van der Waals surface area contributed by atoms with Crippen molar-refractivity contribution < 1.29 is 23.8 Å². The lowest BCUT2D eigenvalue weighted by molar-refractivity contribution is -0.384. The second kappa shape index (κ2) is 9.90. The highest BCUT2D eigenvalue weighted by atomic mass is 16.6. The van der Waals surface area contributed by atoms with E-state index in [0.717, 1.165) is 0 Å². The third-order valence-corrected chi connectivity index (χ3v) is 5.21. The van der Waals surface area contributed by atoms with E-state index in [1.165, 1.54) is 24.3 Å². The Balaban J connectivity index is 1.29. The van der Waals surface area contributed by atoms with Gasteiger partial charge in [0.15, 0.2) is 6.61 Å². The number of urea groups is 1. The number of piperidine rings is 1. The zero-order valence-corrected chi connectivity index (χ0v) is 17.5. The third kappa shape index (κ3) is 5.50. The number of hydrogen-bond acceptors (Lipinski definition) is 8. The topological polar surface area (TPSA) is 141 Å². The molecule has 3 aromatic rings. The Morgan fingerprint density at radius 2 is 1.94 bits per heavy atom. The van der Waals surface area contributed by atoms with E-state index in [2.05, 4.69) is 15.5 Å². The van der Waals surface area contributed by atoms with E-state index < -0.39 is 16.8 Å². The maximum Gasteiger partial charge on any atom is 0.321 e. The number of amides is 2. The number of hydrogen-bond donors (Lipinski definition) is 1. The zero-order valence-electron chi connectivity index (χ0n) is 17.5. The summed E-state index contributed by atoms with van der Waals surface area (Å²) >= 11 is 0. The van der Waals surface area contributed by atoms with E-state index in [0.29, 0.717) is 30.6 Å². The number of carbonyl (C=O) groups excluding carboxylic acids is 2. The fourth-order valence-corrected chi connectivity index (χ4v) is 3.49. The molecule has 11 nitrogen and oxygen atoms in total. The number of nitro groups is 1. The van der Waals surface area contributed by atoms with E-state index in [9.17, 15) is 19.7 Å². The van der Waals surface area contributed by atoms with Gasteiger partial charge in [0.2, 0.25) is 5.82 Å². The van der Waals surface area contributed by atoms with Gasteiger partial charge in [-0.2, -0.15) is 4.98 Å². The van der Waals surface area contributed by atoms with Crippen LogP contribution in [0.2, 0.25) is 0 Å². The van der Waals surface area contributed by atoms with Gasteiger partial charge in [0, 0.05) is 36.5 Å². The number of carbonyl (C=O) groups is 2. The van der Waals surface area contributed by atoms with Gasteiger partial charge in [-0.1, -0.05) is 23.4 Å². The van der Waals surface area contributed by atoms with E-state index >= 15 is 0 Å². The lowest BCUT2D eigenvalue weighted by atomic mass is 9.98. The maximum atomic E-state index is 12.5. The van der Waals surface area contributed by atoms with Crippen molar-refractivity contribution in [2.45, 2.75) is 19.4 Å². The van der Waals surface area contributed by atoms with Gasteiger partial charge in [0.25, 0.3) is 11.6 Å². The first-order valence-corrected chi connectivity index (χ1v) is 10.3. The molecule has 1 fully saturated rings. The number of nitro benzene ring substituents is 1. The first-order valence-electron chi connectivity index (χ1n) is 10.3. The minimum absolute atomic E-state index is 0.0459. The average molecular weight is 451 g/mol. The van der Waals surface area contributed by atoms with Gasteiger partial charge in [0.1, 0.15) is 0 Å². The van der Waals surface area contributed by atoms with Crippen LogP contribution in [0.4, 0.5) is 16.2 Å². The van der Waals surface area contributed by atoms with Gasteiger partial charge in [-0.15, -0.1) is 0 Å². The molecule has 11 heteroatoms. The van der Waals surface area contributed by atoms with Crippen molar-refractivity contribution in [3.05, 3.63) is 70.6 Å². The van der Waals surface area contributed by atoms with Crippen LogP contribution in [0.1, 0.15) is 18.7 Å². The van der Waals surface area contributed by atoms with Gasteiger partial charge in [-0.05, 0) is 37.1 Å². The molecule has 33 heavy (non-hydrogen) atoms. The largest absolute Gasteiger partial charge is 0.455 e. The number of para-hydroxylation sites is 1. The monoisotopic (exact) mass is 451 g/mol. The molecule has 1 aromatic heterocycles. The number of esters is 1. The predicted molar refractivity (Wildman–Crippen MR) is 116 cm³/mol. The Morgan fingerprint density at radius 1 is 1.18 bits per heavy atom. The van der Waals surface area contributed by atoms with Crippen LogP contribution in [0.3, 0.4) is 0 Å². The molecule has 0 spiro atoms. The number of rotatable bonds is 6. The highest BCUT2D eigenvalue weighted by Gasteiger charge is 2.30. The fourth-order valence-electron chi connectivity index (χ4n) is 3.49. The molecule has 1 N–H and O–H groups in total. The summed E-state index contributed by atoms with van der Waals surface area (Å²) in [7, 11) is 0. The summed E-state index contributed by atoms with van der Waals surface area (Å²) in [4.78, 5) is 41.1. The van der Waals surface area contributed by atoms with Crippen LogP contribution < -0.4 is 5.32 Å². The Bertz CT molecular complexity index is 1130. The lowest BCUT2D eigenvalue weighted by Gasteiger charge is -2.31. The Kier molecular flexibility index (Phi) is 6.58. The van der Waals surface area contributed by atoms with Crippen molar-refractivity contribution in [3.63, 3.8) is 0 Å². The highest BCUT2D eigenvalue weighted by Crippen LogP contribution is 2.22. The molecule has 0 radical (unpaired) electrons. The minimum atomic E-state index is -0.497. The van der Waals surface area contributed by atoms with E-state index in [4.69, 9.17) is 9.26 Å². The van der Waals surface area contributed by atoms with Crippen molar-refractivity contribution >= 4 is 23.4 Å². The van der Waals surface area contributed by atoms with Crippen LogP contribution in [0, 0.1) is 16.0 Å². The summed E-state index contributed by atoms with van der Waals surface area (Å²) in [5.74, 6) is -0.553. The van der Waals surface area contributed by atoms with Gasteiger partial charge >= 0.3 is 12.0 Å². The molecule has 2 amide bonds. The summed E-state index contributed by atoms with van der Waals surface area (Å²) in [6.45, 7) is 0.617. The Morgan fingerprint density at radius 3 is 2.67 bits per heavy atom. The fraction of sp³-hybridized carbons (Fsp3) is 0.273. The molecule has 1 saturated heterocycles. The number of benzene rings is 2. The molecule has 2 aromatic carbocycles. The number of nitrogens with zero attached hydrogens (tertiary/aromatic N) is 4. The Hall–Kier alpha value is -4.28. The number of aromatic nitrogens is 2. The number of ether oxygens (including phenoxy) is 1. The predicted octanol–water partition coefficient (Wildman–Crippen LogP) is 3.63. The SMILES string of the molecule is O=C(OCc1nc(-c2ccc([N+](=O)[O-])cc2)no1)C1CCCN(C(=O)Nc2ccccc2)C1. The van der Waals surface area contributed by atoms with Crippen molar-refractivity contribution in [1.29, 1.82) is 0 Å². The first-order chi connectivity index (χ1) is 16.0. The zero-order chi connectivity index (χ0) is 23.2. The number of nitrogens with one attached hydrogen (secondary N) is 1. The van der Waals surface area contributed by atoms with Gasteiger partial charge in [0.05, 0.1) is 10.8 Å². The number of anilines is 1. The molecule has 1 aliphatic rings. The molecule has 4 rings (SSSR count). The summed E-state index contributed by atoms with van der Waals surface area (Å²) in [6.07, 6.45) is 1.30. The number of non-ortho nitro benzene ring substituents is 1. The second-order valence-corrected chi connectivity index (χ2v) is 7.50. The van der Waals surface area contributed by atoms with E-state index in [1.807, 2.05) is 18.2 Å². The standard InChI is InChI=1S/C22H21N5O6/c28-21(16-5-4-12-26(13-16)22(29)23-17-6-2-1-3-7-17)32-14-19-24-20(25-33-19)15-8-10-18(11-9-15)27(30)31/h1-3,6-11,16H,4-5,12-14H2,(H,23,29). The lowest BCUT2D eigenvalue weighted by Crippen LogP contribution is -2.44. The van der Waals surface area contributed by atoms with Gasteiger partial charge < -0.3 is 19.5 Å². The van der Waals surface area contributed by atoms with Crippen molar-refractivity contribution in [2.24, 2.45) is 5.92 Å². The van der Waals surface area contributed by atoms with Crippen LogP contribution in [0.15, 0.2) is 59.1 Å². The maximum absolute atomic E-state index is 12.5. The molecular weight excluding hydrogens is 430 g/mol. The molecule has 1 aliphatic heterocycles. The van der Waals surface area contributed by atoms with E-state index in [-0.39, 0.29) is 36.6 Å². The molecule has 1 atom stereocenters. The Labute approximate surface area is 188 Å². The van der Waals surface area contributed by atoms with Crippen molar-refractivity contribution in [2.75, 3.05) is 18.4 Å². The quantitative estimate of drug-likeness (QED) is 0.340. The molecule has 2 heterocycles. The van der Waals surface area contributed by atoms with Crippen LogP contribution in [-0.4, -0.2) is 45.1 Å². The normalized spacial score (nSPS) is 15.6.